The highest BCUT2D eigenvalue weighted by Crippen LogP contribution is 2.26. The van der Waals surface area contributed by atoms with E-state index in [0.29, 0.717) is 6.42 Å². The summed E-state index contributed by atoms with van der Waals surface area (Å²) in [5.74, 6) is 0. The van der Waals surface area contributed by atoms with Crippen molar-refractivity contribution in [3.05, 3.63) is 0 Å². The lowest BCUT2D eigenvalue weighted by Gasteiger charge is -2.41. The van der Waals surface area contributed by atoms with Gasteiger partial charge in [-0.2, -0.15) is 5.26 Å². The van der Waals surface area contributed by atoms with Crippen LogP contribution in [0.15, 0.2) is 0 Å². The van der Waals surface area contributed by atoms with Crippen molar-refractivity contribution in [2.45, 2.75) is 56.6 Å². The Morgan fingerprint density at radius 1 is 1.28 bits per heavy atom. The predicted octanol–water partition coefficient (Wildman–Crippen LogP) is -1.50. The van der Waals surface area contributed by atoms with Gasteiger partial charge in [0.25, 0.3) is 0 Å². The van der Waals surface area contributed by atoms with Gasteiger partial charge in [-0.1, -0.05) is 6.92 Å². The Bertz CT molecular complexity index is 317. The number of hydrogen-bond acceptors (Lipinski definition) is 7. The van der Waals surface area contributed by atoms with Crippen LogP contribution in [0.1, 0.15) is 20.3 Å². The Hall–Kier alpha value is -0.750. The fourth-order valence-corrected chi connectivity index (χ4v) is 1.61. The third-order valence-corrected chi connectivity index (χ3v) is 3.14. The summed E-state index contributed by atoms with van der Waals surface area (Å²) < 4.78 is 10.5. The summed E-state index contributed by atoms with van der Waals surface area (Å²) >= 11 is 0. The molecule has 1 aliphatic heterocycles. The normalized spacial score (nSPS) is 39.9. The molecule has 4 N–H and O–H groups in total. The van der Waals surface area contributed by atoms with Crippen LogP contribution < -0.4 is 0 Å². The number of nitrogens with zero attached hydrogens (tertiary/aromatic N) is 1. The molecule has 1 fully saturated rings. The quantitative estimate of drug-likeness (QED) is 0.485. The first-order chi connectivity index (χ1) is 8.38. The molecule has 0 aromatic heterocycles. The first-order valence-corrected chi connectivity index (χ1v) is 5.78. The molecule has 6 atom stereocenters. The van der Waals surface area contributed by atoms with Gasteiger partial charge in [-0.3, -0.25) is 0 Å². The van der Waals surface area contributed by atoms with E-state index in [-0.39, 0.29) is 0 Å². The van der Waals surface area contributed by atoms with Crippen LogP contribution in [0.4, 0.5) is 0 Å². The third-order valence-electron chi connectivity index (χ3n) is 3.14. The summed E-state index contributed by atoms with van der Waals surface area (Å²) in [7, 11) is 0. The van der Waals surface area contributed by atoms with Crippen LogP contribution >= 0.6 is 0 Å². The van der Waals surface area contributed by atoms with Crippen molar-refractivity contribution in [3.63, 3.8) is 0 Å². The summed E-state index contributed by atoms with van der Waals surface area (Å²) in [5, 5.41) is 46.8. The lowest BCUT2D eigenvalue weighted by molar-refractivity contribution is -0.318. The Morgan fingerprint density at radius 2 is 1.89 bits per heavy atom. The van der Waals surface area contributed by atoms with Crippen molar-refractivity contribution in [2.75, 3.05) is 6.61 Å². The van der Waals surface area contributed by atoms with E-state index in [4.69, 9.17) is 19.8 Å². The topological polar surface area (TPSA) is 123 Å². The van der Waals surface area contributed by atoms with Gasteiger partial charge in [0.1, 0.15) is 24.4 Å². The molecule has 1 aliphatic rings. The van der Waals surface area contributed by atoms with E-state index in [0.717, 1.165) is 0 Å². The molecule has 0 saturated carbocycles. The number of aliphatic hydroxyl groups is 4. The van der Waals surface area contributed by atoms with Crippen molar-refractivity contribution < 1.29 is 29.9 Å². The second-order valence-corrected chi connectivity index (χ2v) is 4.51. The van der Waals surface area contributed by atoms with Gasteiger partial charge in [0, 0.05) is 0 Å². The minimum atomic E-state index is -1.50. The average Bonchev–Trinajstić information content (AvgIpc) is 2.39. The van der Waals surface area contributed by atoms with Crippen LogP contribution in [0.3, 0.4) is 0 Å². The smallest absolute Gasteiger partial charge is 0.188 e. The van der Waals surface area contributed by atoms with Crippen LogP contribution in [0.2, 0.25) is 0 Å². The third kappa shape index (κ3) is 2.98. The van der Waals surface area contributed by atoms with Crippen molar-refractivity contribution in [2.24, 2.45) is 0 Å². The fourth-order valence-electron chi connectivity index (χ4n) is 1.61. The molecule has 0 bridgehead atoms. The Morgan fingerprint density at radius 3 is 2.33 bits per heavy atom. The van der Waals surface area contributed by atoms with Gasteiger partial charge >= 0.3 is 0 Å². The van der Waals surface area contributed by atoms with E-state index in [2.05, 4.69) is 0 Å². The van der Waals surface area contributed by atoms with Gasteiger partial charge in [0.05, 0.1) is 12.7 Å². The fraction of sp³-hybridized carbons (Fsp3) is 0.909. The maximum atomic E-state index is 9.72. The number of aliphatic hydroxyl groups excluding tert-OH is 4. The van der Waals surface area contributed by atoms with E-state index in [9.17, 15) is 15.3 Å². The summed E-state index contributed by atoms with van der Waals surface area (Å²) in [5.41, 5.74) is -1.17. The van der Waals surface area contributed by atoms with Crippen molar-refractivity contribution >= 4 is 0 Å². The lowest BCUT2D eigenvalue weighted by Crippen LogP contribution is -2.60. The number of ether oxygens (including phenoxy) is 2. The van der Waals surface area contributed by atoms with Gasteiger partial charge in [0.2, 0.25) is 0 Å². The molecule has 7 heteroatoms. The number of nitriles is 1. The van der Waals surface area contributed by atoms with Crippen LogP contribution in [0.25, 0.3) is 0 Å². The standard InChI is InChI=1S/C11H19NO6/c1-3-11(2,5-12)18-10-9(16)8(15)7(14)6(4-13)17-10/h6-10,13-16H,3-4H2,1-2H3/t6?,7?,8?,9?,10?,11-/m1/s1. The van der Waals surface area contributed by atoms with Gasteiger partial charge in [-0.15, -0.1) is 0 Å². The monoisotopic (exact) mass is 261 g/mol. The Kier molecular flexibility index (Phi) is 5.04. The average molecular weight is 261 g/mol. The van der Waals surface area contributed by atoms with E-state index >= 15 is 0 Å². The first kappa shape index (κ1) is 15.3. The van der Waals surface area contributed by atoms with Crippen molar-refractivity contribution in [1.82, 2.24) is 0 Å². The number of rotatable bonds is 4. The van der Waals surface area contributed by atoms with Crippen molar-refractivity contribution in [1.29, 1.82) is 5.26 Å². The van der Waals surface area contributed by atoms with Crippen LogP contribution in [0, 0.1) is 11.3 Å². The molecular weight excluding hydrogens is 242 g/mol. The second kappa shape index (κ2) is 5.93. The van der Waals surface area contributed by atoms with Gasteiger partial charge in [0.15, 0.2) is 11.9 Å². The molecule has 0 radical (unpaired) electrons. The largest absolute Gasteiger partial charge is 0.394 e. The van der Waals surface area contributed by atoms with E-state index in [1.807, 2.05) is 6.07 Å². The summed E-state index contributed by atoms with van der Waals surface area (Å²) in [6.45, 7) is 2.72. The maximum absolute atomic E-state index is 9.72. The van der Waals surface area contributed by atoms with Gasteiger partial charge < -0.3 is 29.9 Å². The predicted molar refractivity (Wildman–Crippen MR) is 59.2 cm³/mol. The van der Waals surface area contributed by atoms with E-state index < -0.39 is 42.9 Å². The molecule has 7 nitrogen and oxygen atoms in total. The van der Waals surface area contributed by atoms with Crippen LogP contribution in [0.5, 0.6) is 0 Å². The first-order valence-electron chi connectivity index (χ1n) is 5.78. The maximum Gasteiger partial charge on any atom is 0.188 e. The Balaban J connectivity index is 2.80. The molecule has 1 saturated heterocycles. The highest BCUT2D eigenvalue weighted by Gasteiger charge is 2.46. The molecule has 0 aromatic rings. The molecule has 0 aromatic carbocycles. The van der Waals surface area contributed by atoms with Gasteiger partial charge in [-0.25, -0.2) is 0 Å². The molecule has 1 rings (SSSR count). The second-order valence-electron chi connectivity index (χ2n) is 4.51. The van der Waals surface area contributed by atoms with Gasteiger partial charge in [-0.05, 0) is 13.3 Å². The molecule has 18 heavy (non-hydrogen) atoms. The molecule has 0 amide bonds. The molecule has 0 aliphatic carbocycles. The zero-order chi connectivity index (χ0) is 13.9. The minimum Gasteiger partial charge on any atom is -0.394 e. The lowest BCUT2D eigenvalue weighted by atomic mass is 9.98. The summed E-state index contributed by atoms with van der Waals surface area (Å²) in [4.78, 5) is 0. The molecule has 1 heterocycles. The van der Waals surface area contributed by atoms with Crippen molar-refractivity contribution in [3.8, 4) is 6.07 Å². The summed E-state index contributed by atoms with van der Waals surface area (Å²) in [6.07, 6.45) is -6.36. The zero-order valence-electron chi connectivity index (χ0n) is 10.4. The molecule has 104 valence electrons. The Labute approximate surface area is 105 Å². The molecular formula is C11H19NO6. The highest BCUT2D eigenvalue weighted by atomic mass is 16.7. The summed E-state index contributed by atoms with van der Waals surface area (Å²) in [6, 6.07) is 1.93. The van der Waals surface area contributed by atoms with Crippen LogP contribution in [-0.4, -0.2) is 63.3 Å². The SMILES string of the molecule is CC[C@](C)(C#N)OC1OC(CO)C(O)C(O)C1O. The minimum absolute atomic E-state index is 0.360. The van der Waals surface area contributed by atoms with E-state index in [1.54, 1.807) is 6.92 Å². The zero-order valence-corrected chi connectivity index (χ0v) is 10.4. The van der Waals surface area contributed by atoms with Crippen LogP contribution in [-0.2, 0) is 9.47 Å². The van der Waals surface area contributed by atoms with E-state index in [1.165, 1.54) is 6.92 Å². The number of hydrogen-bond donors (Lipinski definition) is 4. The molecule has 0 spiro atoms. The highest BCUT2D eigenvalue weighted by molar-refractivity contribution is 4.99. The molecule has 5 unspecified atom stereocenters.